The normalized spacial score (nSPS) is 21.0. The van der Waals surface area contributed by atoms with Crippen LogP contribution >= 0.6 is 0 Å². The molecule has 24 heavy (non-hydrogen) atoms. The van der Waals surface area contributed by atoms with Crippen LogP contribution < -0.4 is 4.90 Å². The Morgan fingerprint density at radius 3 is 2.83 bits per heavy atom. The second kappa shape index (κ2) is 7.21. The number of fused-ring (bicyclic) bond motifs is 1. The number of hydrogen-bond acceptors (Lipinski definition) is 5. The van der Waals surface area contributed by atoms with Gasteiger partial charge in [0.1, 0.15) is 11.2 Å². The van der Waals surface area contributed by atoms with Crippen LogP contribution in [0.15, 0.2) is 18.5 Å². The third-order valence-corrected chi connectivity index (χ3v) is 5.03. The molecule has 0 bridgehead atoms. The second-order valence-corrected chi connectivity index (χ2v) is 6.45. The van der Waals surface area contributed by atoms with Gasteiger partial charge in [-0.15, -0.1) is 0 Å². The second-order valence-electron chi connectivity index (χ2n) is 6.45. The van der Waals surface area contributed by atoms with Gasteiger partial charge in [0.2, 0.25) is 0 Å². The van der Waals surface area contributed by atoms with Crippen LogP contribution in [-0.4, -0.2) is 47.3 Å². The monoisotopic (exact) mass is 331 g/mol. The van der Waals surface area contributed by atoms with Crippen LogP contribution in [0.3, 0.4) is 0 Å². The molecule has 2 heterocycles. The lowest BCUT2D eigenvalue weighted by molar-refractivity contribution is 0.0526. The number of ether oxygens (including phenoxy) is 1. The summed E-state index contributed by atoms with van der Waals surface area (Å²) < 4.78 is 5.22. The third kappa shape index (κ3) is 3.11. The zero-order chi connectivity index (χ0) is 17.1. The molecule has 3 rings (SSSR count). The highest BCUT2D eigenvalue weighted by atomic mass is 16.5. The Labute approximate surface area is 141 Å². The first-order chi connectivity index (χ1) is 11.7. The lowest BCUT2D eigenvalue weighted by Crippen LogP contribution is -2.36. The highest BCUT2D eigenvalue weighted by molar-refractivity contribution is 6.04. The molecule has 2 aromatic rings. The summed E-state index contributed by atoms with van der Waals surface area (Å²) in [5, 5.41) is 10.3. The minimum absolute atomic E-state index is 0.266. The van der Waals surface area contributed by atoms with Crippen molar-refractivity contribution in [3.8, 4) is 0 Å². The zero-order valence-corrected chi connectivity index (χ0v) is 14.3. The van der Waals surface area contributed by atoms with Crippen molar-refractivity contribution in [3.63, 3.8) is 0 Å². The van der Waals surface area contributed by atoms with Crippen molar-refractivity contribution >= 4 is 22.7 Å². The van der Waals surface area contributed by atoms with Gasteiger partial charge in [0.05, 0.1) is 12.3 Å². The Bertz CT molecular complexity index is 705. The molecule has 1 aliphatic rings. The van der Waals surface area contributed by atoms with Gasteiger partial charge < -0.3 is 19.7 Å². The van der Waals surface area contributed by atoms with Crippen LogP contribution in [0, 0.1) is 5.92 Å². The smallest absolute Gasteiger partial charge is 0.341 e. The number of H-pyrrole nitrogens is 1. The van der Waals surface area contributed by atoms with Crippen molar-refractivity contribution in [2.75, 3.05) is 25.2 Å². The number of rotatable bonds is 5. The maximum Gasteiger partial charge on any atom is 0.341 e. The van der Waals surface area contributed by atoms with E-state index in [9.17, 15) is 9.90 Å². The minimum Gasteiger partial charge on any atom is -0.462 e. The standard InChI is InChI=1S/C18H25N3O3/c1-3-24-18(23)15-10-20-17-14(8-9-19-17)16(15)21(2)13-6-4-12(11-22)5-7-13/h8-10,12-13,22H,3-7,11H2,1-2H3,(H,19,20). The first-order valence-corrected chi connectivity index (χ1v) is 8.62. The summed E-state index contributed by atoms with van der Waals surface area (Å²) in [4.78, 5) is 22.0. The quantitative estimate of drug-likeness (QED) is 0.824. The number of hydrogen-bond donors (Lipinski definition) is 2. The van der Waals surface area contributed by atoms with Gasteiger partial charge in [-0.25, -0.2) is 9.78 Å². The molecule has 2 N–H and O–H groups in total. The van der Waals surface area contributed by atoms with Gasteiger partial charge in [-0.3, -0.25) is 0 Å². The summed E-state index contributed by atoms with van der Waals surface area (Å²) in [6.07, 6.45) is 7.49. The predicted octanol–water partition coefficient (Wildman–Crippen LogP) is 2.73. The first-order valence-electron chi connectivity index (χ1n) is 8.62. The molecule has 1 aliphatic carbocycles. The van der Waals surface area contributed by atoms with Gasteiger partial charge >= 0.3 is 5.97 Å². The van der Waals surface area contributed by atoms with E-state index in [1.807, 2.05) is 19.3 Å². The van der Waals surface area contributed by atoms with Crippen molar-refractivity contribution in [2.45, 2.75) is 38.6 Å². The van der Waals surface area contributed by atoms with Crippen LogP contribution in [0.4, 0.5) is 5.69 Å². The molecule has 0 radical (unpaired) electrons. The molecule has 2 aromatic heterocycles. The van der Waals surface area contributed by atoms with Crippen molar-refractivity contribution in [1.82, 2.24) is 9.97 Å². The van der Waals surface area contributed by atoms with Crippen molar-refractivity contribution < 1.29 is 14.6 Å². The van der Waals surface area contributed by atoms with Crippen molar-refractivity contribution in [3.05, 3.63) is 24.0 Å². The zero-order valence-electron chi connectivity index (χ0n) is 14.3. The highest BCUT2D eigenvalue weighted by Crippen LogP contribution is 2.35. The van der Waals surface area contributed by atoms with Gasteiger partial charge in [-0.1, -0.05) is 0 Å². The van der Waals surface area contributed by atoms with E-state index in [1.54, 1.807) is 13.1 Å². The van der Waals surface area contributed by atoms with E-state index in [4.69, 9.17) is 4.74 Å². The molecule has 6 nitrogen and oxygen atoms in total. The van der Waals surface area contributed by atoms with E-state index in [-0.39, 0.29) is 12.6 Å². The Morgan fingerprint density at radius 2 is 2.17 bits per heavy atom. The maximum atomic E-state index is 12.4. The predicted molar refractivity (Wildman–Crippen MR) is 93.3 cm³/mol. The summed E-state index contributed by atoms with van der Waals surface area (Å²) in [5.74, 6) is 0.0721. The van der Waals surface area contributed by atoms with E-state index in [0.29, 0.717) is 24.1 Å². The summed E-state index contributed by atoms with van der Waals surface area (Å²) in [7, 11) is 2.04. The van der Waals surface area contributed by atoms with Gasteiger partial charge in [-0.2, -0.15) is 0 Å². The van der Waals surface area contributed by atoms with E-state index in [0.717, 1.165) is 42.4 Å². The lowest BCUT2D eigenvalue weighted by atomic mass is 9.85. The number of nitrogens with one attached hydrogen (secondary N) is 1. The van der Waals surface area contributed by atoms with Crippen LogP contribution in [0.25, 0.3) is 11.0 Å². The fraction of sp³-hybridized carbons (Fsp3) is 0.556. The Balaban J connectivity index is 1.95. The molecule has 0 saturated heterocycles. The van der Waals surface area contributed by atoms with Gasteiger partial charge in [0, 0.05) is 37.5 Å². The number of nitrogens with zero attached hydrogens (tertiary/aromatic N) is 2. The van der Waals surface area contributed by atoms with E-state index < -0.39 is 0 Å². The van der Waals surface area contributed by atoms with Crippen LogP contribution in [-0.2, 0) is 4.74 Å². The fourth-order valence-electron chi connectivity index (χ4n) is 3.63. The van der Waals surface area contributed by atoms with E-state index in [1.165, 1.54) is 0 Å². The SMILES string of the molecule is CCOC(=O)c1cnc2[nH]ccc2c1N(C)C1CCC(CO)CC1. The number of pyridine rings is 1. The maximum absolute atomic E-state index is 12.4. The number of carbonyl (C=O) groups excluding carboxylic acids is 1. The van der Waals surface area contributed by atoms with Gasteiger partial charge in [0.25, 0.3) is 0 Å². The number of anilines is 1. The molecule has 0 aromatic carbocycles. The topological polar surface area (TPSA) is 78.5 Å². The molecule has 0 unspecified atom stereocenters. The largest absolute Gasteiger partial charge is 0.462 e. The molecule has 6 heteroatoms. The first kappa shape index (κ1) is 16.8. The fourth-order valence-corrected chi connectivity index (χ4v) is 3.63. The molecular weight excluding hydrogens is 306 g/mol. The molecular formula is C18H25N3O3. The number of esters is 1. The van der Waals surface area contributed by atoms with E-state index in [2.05, 4.69) is 14.9 Å². The van der Waals surface area contributed by atoms with Crippen LogP contribution in [0.1, 0.15) is 43.0 Å². The number of aromatic amines is 1. The number of aliphatic hydroxyl groups excluding tert-OH is 1. The van der Waals surface area contributed by atoms with Gasteiger partial charge in [-0.05, 0) is 44.6 Å². The number of aliphatic hydroxyl groups is 1. The number of carbonyl (C=O) groups is 1. The van der Waals surface area contributed by atoms with Crippen molar-refractivity contribution in [2.24, 2.45) is 5.92 Å². The summed E-state index contributed by atoms with van der Waals surface area (Å²) in [6.45, 7) is 2.41. The lowest BCUT2D eigenvalue weighted by Gasteiger charge is -2.36. The molecule has 0 atom stereocenters. The average molecular weight is 331 g/mol. The molecule has 0 amide bonds. The summed E-state index contributed by atoms with van der Waals surface area (Å²) in [6, 6.07) is 2.30. The Morgan fingerprint density at radius 1 is 1.42 bits per heavy atom. The molecule has 130 valence electrons. The Hall–Kier alpha value is -2.08. The van der Waals surface area contributed by atoms with Gasteiger partial charge in [0.15, 0.2) is 0 Å². The molecule has 1 fully saturated rings. The van der Waals surface area contributed by atoms with Crippen molar-refractivity contribution in [1.29, 1.82) is 0 Å². The molecule has 0 aliphatic heterocycles. The average Bonchev–Trinajstić information content (AvgIpc) is 3.09. The molecule has 0 spiro atoms. The molecule has 1 saturated carbocycles. The van der Waals surface area contributed by atoms with Crippen LogP contribution in [0.2, 0.25) is 0 Å². The summed E-state index contributed by atoms with van der Waals surface area (Å²) >= 11 is 0. The Kier molecular flexibility index (Phi) is 5.04. The number of aromatic nitrogens is 2. The minimum atomic E-state index is -0.334. The third-order valence-electron chi connectivity index (χ3n) is 5.03. The van der Waals surface area contributed by atoms with Crippen LogP contribution in [0.5, 0.6) is 0 Å². The van der Waals surface area contributed by atoms with E-state index >= 15 is 0 Å². The highest BCUT2D eigenvalue weighted by Gasteiger charge is 2.28. The summed E-state index contributed by atoms with van der Waals surface area (Å²) in [5.41, 5.74) is 2.16.